The topological polar surface area (TPSA) is 94.0 Å². The lowest BCUT2D eigenvalue weighted by molar-refractivity contribution is 0.1000. The quantitative estimate of drug-likeness (QED) is 0.723. The summed E-state index contributed by atoms with van der Waals surface area (Å²) in [6.07, 6.45) is 5.75. The van der Waals surface area contributed by atoms with Crippen molar-refractivity contribution in [3.8, 4) is 0 Å². The molecule has 0 radical (unpaired) electrons. The summed E-state index contributed by atoms with van der Waals surface area (Å²) >= 11 is 0. The Bertz CT molecular complexity index is 399. The summed E-state index contributed by atoms with van der Waals surface area (Å²) in [6, 6.07) is 4.03. The molecule has 0 spiro atoms. The van der Waals surface area contributed by atoms with Crippen LogP contribution in [0.2, 0.25) is 0 Å². The number of nitrogens with one attached hydrogen (secondary N) is 1. The van der Waals surface area contributed by atoms with E-state index in [1.807, 2.05) is 0 Å². The van der Waals surface area contributed by atoms with E-state index in [1.54, 1.807) is 18.3 Å². The molecule has 0 atom stereocenters. The summed E-state index contributed by atoms with van der Waals surface area (Å²) in [5, 5.41) is 3.32. The second-order valence-corrected chi connectivity index (χ2v) is 4.55. The Kier molecular flexibility index (Phi) is 3.58. The summed E-state index contributed by atoms with van der Waals surface area (Å²) in [5.41, 5.74) is 11.6. The highest BCUT2D eigenvalue weighted by atomic mass is 16.1. The third-order valence-corrected chi connectivity index (χ3v) is 3.17. The Morgan fingerprint density at radius 1 is 1.35 bits per heavy atom. The fourth-order valence-corrected chi connectivity index (χ4v) is 2.14. The van der Waals surface area contributed by atoms with Crippen LogP contribution in [0, 0.1) is 0 Å². The number of anilines is 1. The second-order valence-electron chi connectivity index (χ2n) is 4.55. The van der Waals surface area contributed by atoms with Crippen molar-refractivity contribution in [2.75, 3.05) is 5.32 Å². The van der Waals surface area contributed by atoms with Crippen LogP contribution < -0.4 is 16.8 Å². The number of carbonyl (C=O) groups excluding carboxylic acids is 1. The van der Waals surface area contributed by atoms with Gasteiger partial charge in [-0.3, -0.25) is 4.79 Å². The summed E-state index contributed by atoms with van der Waals surface area (Å²) < 4.78 is 0. The van der Waals surface area contributed by atoms with Crippen molar-refractivity contribution in [2.45, 2.75) is 37.8 Å². The van der Waals surface area contributed by atoms with E-state index in [2.05, 4.69) is 10.3 Å². The van der Waals surface area contributed by atoms with Gasteiger partial charge in [0.15, 0.2) is 0 Å². The lowest BCUT2D eigenvalue weighted by atomic mass is 9.92. The molecule has 1 aliphatic rings. The molecule has 2 rings (SSSR count). The molecular formula is C12H18N4O. The van der Waals surface area contributed by atoms with Crippen molar-refractivity contribution in [3.63, 3.8) is 0 Å². The molecule has 92 valence electrons. The molecule has 1 heterocycles. The van der Waals surface area contributed by atoms with Gasteiger partial charge in [-0.1, -0.05) is 0 Å². The van der Waals surface area contributed by atoms with Crippen molar-refractivity contribution in [3.05, 3.63) is 23.9 Å². The molecule has 0 aromatic carbocycles. The summed E-state index contributed by atoms with van der Waals surface area (Å²) in [5.74, 6) is 0.280. The van der Waals surface area contributed by atoms with Crippen LogP contribution in [0.15, 0.2) is 18.3 Å². The van der Waals surface area contributed by atoms with Gasteiger partial charge in [0.05, 0.1) is 0 Å². The van der Waals surface area contributed by atoms with Crippen molar-refractivity contribution in [2.24, 2.45) is 11.5 Å². The third kappa shape index (κ3) is 3.17. The number of pyridine rings is 1. The molecule has 0 saturated heterocycles. The van der Waals surface area contributed by atoms with Gasteiger partial charge in [0, 0.05) is 23.8 Å². The number of amides is 1. The Labute approximate surface area is 101 Å². The molecule has 1 fully saturated rings. The highest BCUT2D eigenvalue weighted by molar-refractivity contribution is 5.93. The van der Waals surface area contributed by atoms with E-state index in [-0.39, 0.29) is 0 Å². The van der Waals surface area contributed by atoms with Crippen LogP contribution in [0.3, 0.4) is 0 Å². The van der Waals surface area contributed by atoms with Gasteiger partial charge < -0.3 is 16.8 Å². The standard InChI is InChI=1S/C12H18N4O/c13-9-1-3-10(4-2-9)16-11-7-8(12(14)17)5-6-15-11/h5-7,9-10H,1-4,13H2,(H2,14,17)(H,15,16). The maximum atomic E-state index is 11.0. The molecular weight excluding hydrogens is 216 g/mol. The number of carbonyl (C=O) groups is 1. The van der Waals surface area contributed by atoms with Gasteiger partial charge in [0.2, 0.25) is 5.91 Å². The Morgan fingerprint density at radius 2 is 2.06 bits per heavy atom. The van der Waals surface area contributed by atoms with E-state index < -0.39 is 5.91 Å². The van der Waals surface area contributed by atoms with Gasteiger partial charge in [0.1, 0.15) is 5.82 Å². The molecule has 5 N–H and O–H groups in total. The van der Waals surface area contributed by atoms with E-state index in [9.17, 15) is 4.79 Å². The predicted molar refractivity (Wildman–Crippen MR) is 66.6 cm³/mol. The number of aromatic nitrogens is 1. The van der Waals surface area contributed by atoms with Crippen LogP contribution in [0.4, 0.5) is 5.82 Å². The van der Waals surface area contributed by atoms with Gasteiger partial charge in [0.25, 0.3) is 0 Å². The van der Waals surface area contributed by atoms with Gasteiger partial charge >= 0.3 is 0 Å². The van der Waals surface area contributed by atoms with E-state index in [0.717, 1.165) is 25.7 Å². The van der Waals surface area contributed by atoms with Crippen molar-refractivity contribution in [1.82, 2.24) is 4.98 Å². The lowest BCUT2D eigenvalue weighted by Crippen LogP contribution is -2.33. The first-order chi connectivity index (χ1) is 8.15. The fraction of sp³-hybridized carbons (Fsp3) is 0.500. The van der Waals surface area contributed by atoms with E-state index in [1.165, 1.54) is 0 Å². The van der Waals surface area contributed by atoms with Crippen LogP contribution in [0.25, 0.3) is 0 Å². The summed E-state index contributed by atoms with van der Waals surface area (Å²) in [7, 11) is 0. The van der Waals surface area contributed by atoms with E-state index in [4.69, 9.17) is 11.5 Å². The molecule has 0 aliphatic heterocycles. The van der Waals surface area contributed by atoms with E-state index >= 15 is 0 Å². The molecule has 1 aromatic heterocycles. The van der Waals surface area contributed by atoms with Crippen molar-refractivity contribution >= 4 is 11.7 Å². The Morgan fingerprint density at radius 3 is 2.71 bits per heavy atom. The van der Waals surface area contributed by atoms with Crippen LogP contribution in [-0.4, -0.2) is 23.0 Å². The monoisotopic (exact) mass is 234 g/mol. The number of hydrogen-bond acceptors (Lipinski definition) is 4. The average molecular weight is 234 g/mol. The minimum atomic E-state index is -0.430. The van der Waals surface area contributed by atoms with Gasteiger partial charge in [-0.2, -0.15) is 0 Å². The first-order valence-corrected chi connectivity index (χ1v) is 5.93. The smallest absolute Gasteiger partial charge is 0.248 e. The normalized spacial score (nSPS) is 24.3. The SMILES string of the molecule is NC(=O)c1ccnc(NC2CCC(N)CC2)c1. The lowest BCUT2D eigenvalue weighted by Gasteiger charge is -2.27. The molecule has 1 saturated carbocycles. The average Bonchev–Trinajstić information content (AvgIpc) is 2.32. The molecule has 17 heavy (non-hydrogen) atoms. The molecule has 1 amide bonds. The largest absolute Gasteiger partial charge is 0.367 e. The first-order valence-electron chi connectivity index (χ1n) is 5.93. The van der Waals surface area contributed by atoms with Gasteiger partial charge in [-0.05, 0) is 37.8 Å². The minimum absolute atomic E-state index is 0.331. The second kappa shape index (κ2) is 5.14. The number of nitrogens with two attached hydrogens (primary N) is 2. The number of rotatable bonds is 3. The summed E-state index contributed by atoms with van der Waals surface area (Å²) in [4.78, 5) is 15.2. The molecule has 1 aromatic rings. The number of hydrogen-bond donors (Lipinski definition) is 3. The third-order valence-electron chi connectivity index (χ3n) is 3.17. The Hall–Kier alpha value is -1.62. The van der Waals surface area contributed by atoms with Crippen molar-refractivity contribution in [1.29, 1.82) is 0 Å². The fourth-order valence-electron chi connectivity index (χ4n) is 2.14. The zero-order valence-electron chi connectivity index (χ0n) is 9.73. The van der Waals surface area contributed by atoms with E-state index in [0.29, 0.717) is 23.5 Å². The highest BCUT2D eigenvalue weighted by Crippen LogP contribution is 2.20. The zero-order valence-corrected chi connectivity index (χ0v) is 9.73. The van der Waals surface area contributed by atoms with Gasteiger partial charge in [-0.25, -0.2) is 4.98 Å². The summed E-state index contributed by atoms with van der Waals surface area (Å²) in [6.45, 7) is 0. The zero-order chi connectivity index (χ0) is 12.3. The number of nitrogens with zero attached hydrogens (tertiary/aromatic N) is 1. The molecule has 1 aliphatic carbocycles. The van der Waals surface area contributed by atoms with Crippen molar-refractivity contribution < 1.29 is 4.79 Å². The molecule has 5 nitrogen and oxygen atoms in total. The van der Waals surface area contributed by atoms with Crippen LogP contribution in [0.1, 0.15) is 36.0 Å². The maximum Gasteiger partial charge on any atom is 0.248 e. The Balaban J connectivity index is 1.98. The maximum absolute atomic E-state index is 11.0. The molecule has 0 bridgehead atoms. The molecule has 0 unspecified atom stereocenters. The minimum Gasteiger partial charge on any atom is -0.367 e. The van der Waals surface area contributed by atoms with Crippen LogP contribution in [0.5, 0.6) is 0 Å². The van der Waals surface area contributed by atoms with Gasteiger partial charge in [-0.15, -0.1) is 0 Å². The first kappa shape index (κ1) is 11.9. The van der Waals surface area contributed by atoms with Crippen LogP contribution in [-0.2, 0) is 0 Å². The van der Waals surface area contributed by atoms with Crippen LogP contribution >= 0.6 is 0 Å². The molecule has 5 heteroatoms. The number of primary amides is 1. The highest BCUT2D eigenvalue weighted by Gasteiger charge is 2.18. The predicted octanol–water partition coefficient (Wildman–Crippen LogP) is 0.862.